The topological polar surface area (TPSA) is 67.6 Å². The number of nitrogens with zero attached hydrogens (tertiary/aromatic N) is 1. The summed E-state index contributed by atoms with van der Waals surface area (Å²) in [5, 5.41) is 2.88. The highest BCUT2D eigenvalue weighted by Crippen LogP contribution is 2.33. The Morgan fingerprint density at radius 1 is 1.55 bits per heavy atom. The number of nitrogens with one attached hydrogen (secondary N) is 1. The van der Waals surface area contributed by atoms with Crippen LogP contribution in [-0.2, 0) is 4.79 Å². The van der Waals surface area contributed by atoms with Crippen molar-refractivity contribution in [3.8, 4) is 5.75 Å². The van der Waals surface area contributed by atoms with Gasteiger partial charge in [0.05, 0.1) is 18.3 Å². The summed E-state index contributed by atoms with van der Waals surface area (Å²) >= 11 is 0. The quantitative estimate of drug-likeness (QED) is 0.881. The minimum absolute atomic E-state index is 0.140. The van der Waals surface area contributed by atoms with Gasteiger partial charge in [-0.05, 0) is 24.1 Å². The number of benzene rings is 1. The molecule has 5 heteroatoms. The van der Waals surface area contributed by atoms with E-state index in [1.54, 1.807) is 0 Å². The molecule has 2 unspecified atom stereocenters. The maximum atomic E-state index is 12.1. The third kappa shape index (κ3) is 3.04. The van der Waals surface area contributed by atoms with Gasteiger partial charge >= 0.3 is 0 Å². The van der Waals surface area contributed by atoms with Gasteiger partial charge in [0.15, 0.2) is 0 Å². The van der Waals surface area contributed by atoms with Gasteiger partial charge in [0.25, 0.3) is 0 Å². The predicted octanol–water partition coefficient (Wildman–Crippen LogP) is 1.83. The van der Waals surface area contributed by atoms with Crippen LogP contribution < -0.4 is 20.7 Å². The Morgan fingerprint density at radius 2 is 2.30 bits per heavy atom. The number of carbonyl (C=O) groups excluding carboxylic acids is 1. The average Bonchev–Trinajstić information content (AvgIpc) is 2.46. The molecular formula is C15H23N3O2. The summed E-state index contributed by atoms with van der Waals surface area (Å²) in [7, 11) is 2.01. The van der Waals surface area contributed by atoms with E-state index in [4.69, 9.17) is 10.5 Å². The van der Waals surface area contributed by atoms with E-state index in [2.05, 4.69) is 10.2 Å². The average molecular weight is 277 g/mol. The van der Waals surface area contributed by atoms with Gasteiger partial charge < -0.3 is 20.7 Å². The summed E-state index contributed by atoms with van der Waals surface area (Å²) in [5.41, 5.74) is 7.68. The highest BCUT2D eigenvalue weighted by molar-refractivity contribution is 5.95. The first-order valence-electron chi connectivity index (χ1n) is 7.07. The van der Waals surface area contributed by atoms with Crippen molar-refractivity contribution in [1.82, 2.24) is 0 Å². The summed E-state index contributed by atoms with van der Waals surface area (Å²) < 4.78 is 5.58. The molecule has 1 aromatic rings. The Labute approximate surface area is 120 Å². The van der Waals surface area contributed by atoms with Crippen molar-refractivity contribution < 1.29 is 9.53 Å². The number of hydrogen-bond donors (Lipinski definition) is 2. The van der Waals surface area contributed by atoms with Crippen molar-refractivity contribution in [2.45, 2.75) is 26.3 Å². The lowest BCUT2D eigenvalue weighted by Gasteiger charge is -2.28. The number of ether oxygens (including phenoxy) is 1. The van der Waals surface area contributed by atoms with E-state index < -0.39 is 6.04 Å². The Kier molecular flexibility index (Phi) is 4.49. The number of nitrogens with two attached hydrogens (primary N) is 1. The second kappa shape index (κ2) is 6.13. The van der Waals surface area contributed by atoms with Gasteiger partial charge in [-0.25, -0.2) is 0 Å². The number of likely N-dealkylation sites (N-methyl/N-ethyl adjacent to an activating group) is 1. The van der Waals surface area contributed by atoms with Crippen LogP contribution in [0.15, 0.2) is 18.2 Å². The first kappa shape index (κ1) is 14.7. The second-order valence-corrected chi connectivity index (χ2v) is 5.35. The second-order valence-electron chi connectivity index (χ2n) is 5.35. The molecule has 5 nitrogen and oxygen atoms in total. The third-order valence-electron chi connectivity index (χ3n) is 3.88. The zero-order valence-corrected chi connectivity index (χ0v) is 12.3. The summed E-state index contributed by atoms with van der Waals surface area (Å²) in [6, 6.07) is 5.18. The third-order valence-corrected chi connectivity index (χ3v) is 3.88. The molecule has 20 heavy (non-hydrogen) atoms. The van der Waals surface area contributed by atoms with Crippen LogP contribution in [0, 0.1) is 5.92 Å². The molecule has 1 aliphatic rings. The van der Waals surface area contributed by atoms with Crippen molar-refractivity contribution in [1.29, 1.82) is 0 Å². The molecule has 0 aromatic heterocycles. The van der Waals surface area contributed by atoms with E-state index in [-0.39, 0.29) is 11.8 Å². The molecule has 1 aromatic carbocycles. The Balaban J connectivity index is 2.10. The lowest BCUT2D eigenvalue weighted by Crippen LogP contribution is -2.40. The zero-order chi connectivity index (χ0) is 14.7. The summed E-state index contributed by atoms with van der Waals surface area (Å²) in [6.07, 6.45) is 0.884. The molecule has 2 atom stereocenters. The fraction of sp³-hybridized carbons (Fsp3) is 0.533. The van der Waals surface area contributed by atoms with Gasteiger partial charge in [-0.15, -0.1) is 0 Å². The van der Waals surface area contributed by atoms with Gasteiger partial charge in [0, 0.05) is 12.7 Å². The Hall–Kier alpha value is -1.75. The zero-order valence-electron chi connectivity index (χ0n) is 12.3. The fourth-order valence-corrected chi connectivity index (χ4v) is 2.17. The molecule has 0 fully saturated rings. The summed E-state index contributed by atoms with van der Waals surface area (Å²) in [5.74, 6) is 0.875. The van der Waals surface area contributed by atoms with Crippen LogP contribution in [-0.4, -0.2) is 32.1 Å². The van der Waals surface area contributed by atoms with E-state index in [0.717, 1.165) is 30.1 Å². The maximum Gasteiger partial charge on any atom is 0.241 e. The molecule has 0 saturated carbocycles. The van der Waals surface area contributed by atoms with Crippen molar-refractivity contribution >= 4 is 17.3 Å². The number of amides is 1. The van der Waals surface area contributed by atoms with E-state index in [9.17, 15) is 4.79 Å². The smallest absolute Gasteiger partial charge is 0.241 e. The minimum atomic E-state index is -0.481. The molecule has 1 heterocycles. The summed E-state index contributed by atoms with van der Waals surface area (Å²) in [4.78, 5) is 14.2. The highest BCUT2D eigenvalue weighted by Gasteiger charge is 2.20. The molecule has 0 aliphatic carbocycles. The number of rotatable bonds is 4. The van der Waals surface area contributed by atoms with Crippen LogP contribution in [0.5, 0.6) is 5.75 Å². The van der Waals surface area contributed by atoms with Gasteiger partial charge in [-0.3, -0.25) is 4.79 Å². The molecule has 1 amide bonds. The molecular weight excluding hydrogens is 254 g/mol. The minimum Gasteiger partial charge on any atom is -0.490 e. The SMILES string of the molecule is CCC(C)C(N)C(=O)Nc1ccc2c(c1)N(C)CCO2. The molecule has 0 saturated heterocycles. The Morgan fingerprint density at radius 3 is 3.00 bits per heavy atom. The fourth-order valence-electron chi connectivity index (χ4n) is 2.17. The number of carbonyl (C=O) groups is 1. The van der Waals surface area contributed by atoms with E-state index in [0.29, 0.717) is 6.61 Å². The molecule has 2 rings (SSSR count). The first-order chi connectivity index (χ1) is 9.52. The van der Waals surface area contributed by atoms with E-state index in [1.165, 1.54) is 0 Å². The number of anilines is 2. The van der Waals surface area contributed by atoms with Crippen LogP contribution in [0.25, 0.3) is 0 Å². The van der Waals surface area contributed by atoms with Crippen molar-refractivity contribution in [3.05, 3.63) is 18.2 Å². The molecule has 0 radical (unpaired) electrons. The molecule has 3 N–H and O–H groups in total. The van der Waals surface area contributed by atoms with Gasteiger partial charge in [-0.1, -0.05) is 20.3 Å². The monoisotopic (exact) mass is 277 g/mol. The van der Waals surface area contributed by atoms with E-state index >= 15 is 0 Å². The van der Waals surface area contributed by atoms with Crippen molar-refractivity contribution in [2.75, 3.05) is 30.4 Å². The molecule has 0 bridgehead atoms. The van der Waals surface area contributed by atoms with Crippen LogP contribution >= 0.6 is 0 Å². The molecule has 0 spiro atoms. The van der Waals surface area contributed by atoms with Gasteiger partial charge in [0.2, 0.25) is 5.91 Å². The van der Waals surface area contributed by atoms with Crippen LogP contribution in [0.4, 0.5) is 11.4 Å². The maximum absolute atomic E-state index is 12.1. The predicted molar refractivity (Wildman–Crippen MR) is 81.3 cm³/mol. The van der Waals surface area contributed by atoms with E-state index in [1.807, 2.05) is 39.1 Å². The van der Waals surface area contributed by atoms with Gasteiger partial charge in [0.1, 0.15) is 12.4 Å². The number of fused-ring (bicyclic) bond motifs is 1. The van der Waals surface area contributed by atoms with Crippen LogP contribution in [0.2, 0.25) is 0 Å². The van der Waals surface area contributed by atoms with Crippen LogP contribution in [0.3, 0.4) is 0 Å². The summed E-state index contributed by atoms with van der Waals surface area (Å²) in [6.45, 7) is 5.55. The normalized spacial score (nSPS) is 16.9. The lowest BCUT2D eigenvalue weighted by molar-refractivity contribution is -0.118. The Bertz CT molecular complexity index is 490. The van der Waals surface area contributed by atoms with Gasteiger partial charge in [-0.2, -0.15) is 0 Å². The molecule has 1 aliphatic heterocycles. The molecule has 110 valence electrons. The van der Waals surface area contributed by atoms with Crippen LogP contribution in [0.1, 0.15) is 20.3 Å². The standard InChI is InChI=1S/C15H23N3O2/c1-4-10(2)14(16)15(19)17-11-5-6-13-12(9-11)18(3)7-8-20-13/h5-6,9-10,14H,4,7-8,16H2,1-3H3,(H,17,19). The largest absolute Gasteiger partial charge is 0.490 e. The lowest BCUT2D eigenvalue weighted by atomic mass is 9.99. The van der Waals surface area contributed by atoms with Crippen molar-refractivity contribution in [2.24, 2.45) is 11.7 Å². The highest BCUT2D eigenvalue weighted by atomic mass is 16.5. The van der Waals surface area contributed by atoms with Crippen molar-refractivity contribution in [3.63, 3.8) is 0 Å². The first-order valence-corrected chi connectivity index (χ1v) is 7.07. The number of hydrogen-bond acceptors (Lipinski definition) is 4.